The third kappa shape index (κ3) is 7.22. The third-order valence-electron chi connectivity index (χ3n) is 12.9. The minimum absolute atomic E-state index is 0.00402. The molecule has 3 nitrogen and oxygen atoms in total. The Kier molecular flexibility index (Phi) is 9.13. The summed E-state index contributed by atoms with van der Waals surface area (Å²) in [6.45, 7) is 38.9. The highest BCUT2D eigenvalue weighted by molar-refractivity contribution is 6.06. The molecule has 0 N–H and O–H groups in total. The lowest BCUT2D eigenvalue weighted by Crippen LogP contribution is -2.22. The quantitative estimate of drug-likeness (QED) is 0.178. The molecule has 7 aromatic rings. The van der Waals surface area contributed by atoms with Gasteiger partial charge in [0.15, 0.2) is 0 Å². The molecule has 0 aliphatic carbocycles. The Bertz CT molecular complexity index is 2670. The molecule has 1 aliphatic heterocycles. The van der Waals surface area contributed by atoms with E-state index in [9.17, 15) is 0 Å². The van der Waals surface area contributed by atoms with Crippen LogP contribution < -0.4 is 0 Å². The van der Waals surface area contributed by atoms with Gasteiger partial charge in [-0.25, -0.2) is 4.98 Å². The first kappa shape index (κ1) is 41.0. The fourth-order valence-corrected chi connectivity index (χ4v) is 9.28. The Balaban J connectivity index is 1.43. The van der Waals surface area contributed by atoms with E-state index in [0.717, 1.165) is 27.8 Å². The Labute approximate surface area is 354 Å². The molecule has 3 heterocycles. The van der Waals surface area contributed by atoms with Crippen LogP contribution in [0.4, 0.5) is 0 Å². The molecule has 59 heavy (non-hydrogen) atoms. The number of benzene rings is 5. The average molecular weight is 783 g/mol. The summed E-state index contributed by atoms with van der Waals surface area (Å²) in [5.74, 6) is 0. The third-order valence-corrected chi connectivity index (χ3v) is 12.9. The highest BCUT2D eigenvalue weighted by Crippen LogP contribution is 2.49. The largest absolute Gasteiger partial charge is 0.360 e. The Morgan fingerprint density at radius 1 is 0.475 bits per heavy atom. The molecule has 0 amide bonds. The molecule has 0 fully saturated rings. The maximum atomic E-state index is 6.56. The van der Waals surface area contributed by atoms with Crippen LogP contribution in [-0.4, -0.2) is 9.38 Å². The predicted octanol–water partition coefficient (Wildman–Crippen LogP) is 15.6. The highest BCUT2D eigenvalue weighted by Gasteiger charge is 2.43. The predicted molar refractivity (Wildman–Crippen MR) is 253 cm³/mol. The van der Waals surface area contributed by atoms with Crippen molar-refractivity contribution in [3.8, 4) is 33.4 Å². The normalized spacial score (nSPS) is 15.7. The molecule has 2 aromatic heterocycles. The van der Waals surface area contributed by atoms with E-state index in [-0.39, 0.29) is 32.9 Å². The Hall–Kier alpha value is -4.73. The van der Waals surface area contributed by atoms with E-state index in [1.807, 2.05) is 0 Å². The van der Waals surface area contributed by atoms with E-state index in [1.165, 1.54) is 72.1 Å². The average Bonchev–Trinajstić information content (AvgIpc) is 3.59. The van der Waals surface area contributed by atoms with Crippen molar-refractivity contribution in [3.63, 3.8) is 0 Å². The number of rotatable bonds is 3. The minimum atomic E-state index is -0.379. The topological polar surface area (TPSA) is 26.5 Å². The van der Waals surface area contributed by atoms with Crippen LogP contribution in [-0.2, 0) is 37.6 Å². The standard InChI is InChI=1S/C56H66N2O/c1-33-21-45-43(19-18-20-44(45)50-57-48-31-46-47(32-49(48)58(33)50)56(16,17)59-55(46,14)15)38-23-34(36-25-39(51(2,3)4)29-40(26-36)52(5,6)7)22-35(24-38)37-27-41(53(8,9)10)30-42(28-37)54(11,12)13/h18-32H,1-17H3. The summed E-state index contributed by atoms with van der Waals surface area (Å²) in [6, 6.07) is 35.6. The Morgan fingerprint density at radius 3 is 1.36 bits per heavy atom. The second-order valence-corrected chi connectivity index (χ2v) is 22.7. The highest BCUT2D eigenvalue weighted by atomic mass is 16.5. The first-order valence-electron chi connectivity index (χ1n) is 21.7. The molecule has 0 spiro atoms. The van der Waals surface area contributed by atoms with Crippen LogP contribution in [0.3, 0.4) is 0 Å². The molecule has 0 saturated heterocycles. The van der Waals surface area contributed by atoms with Crippen molar-refractivity contribution in [3.05, 3.63) is 130 Å². The van der Waals surface area contributed by atoms with Crippen LogP contribution in [0.5, 0.6) is 0 Å². The number of imidazole rings is 1. The van der Waals surface area contributed by atoms with Gasteiger partial charge in [0, 0.05) is 11.1 Å². The van der Waals surface area contributed by atoms with E-state index in [1.54, 1.807) is 0 Å². The summed E-state index contributed by atoms with van der Waals surface area (Å²) in [4.78, 5) is 5.40. The molecule has 0 radical (unpaired) electrons. The fraction of sp³-hybridized carbons (Fsp3) is 0.411. The molecular weight excluding hydrogens is 717 g/mol. The number of nitrogens with zero attached hydrogens (tertiary/aromatic N) is 2. The monoisotopic (exact) mass is 783 g/mol. The number of aromatic nitrogens is 2. The zero-order valence-electron chi connectivity index (χ0n) is 39.0. The van der Waals surface area contributed by atoms with Gasteiger partial charge in [0.25, 0.3) is 0 Å². The van der Waals surface area contributed by atoms with E-state index >= 15 is 0 Å². The van der Waals surface area contributed by atoms with Crippen molar-refractivity contribution in [2.24, 2.45) is 0 Å². The van der Waals surface area contributed by atoms with E-state index < -0.39 is 0 Å². The second-order valence-electron chi connectivity index (χ2n) is 22.7. The van der Waals surface area contributed by atoms with Gasteiger partial charge < -0.3 is 4.74 Å². The van der Waals surface area contributed by atoms with Gasteiger partial charge in [-0.05, 0) is 165 Å². The Morgan fingerprint density at radius 2 is 0.898 bits per heavy atom. The molecule has 0 atom stereocenters. The fourth-order valence-electron chi connectivity index (χ4n) is 9.28. The summed E-state index contributed by atoms with van der Waals surface area (Å²) in [7, 11) is 0. The zero-order valence-corrected chi connectivity index (χ0v) is 39.0. The van der Waals surface area contributed by atoms with Gasteiger partial charge in [0.05, 0.1) is 22.2 Å². The van der Waals surface area contributed by atoms with Gasteiger partial charge in [0.2, 0.25) is 0 Å². The van der Waals surface area contributed by atoms with Crippen LogP contribution in [0.25, 0.3) is 60.8 Å². The van der Waals surface area contributed by atoms with E-state index in [0.29, 0.717) is 0 Å². The first-order valence-corrected chi connectivity index (χ1v) is 21.7. The molecule has 0 bridgehead atoms. The van der Waals surface area contributed by atoms with Crippen LogP contribution >= 0.6 is 0 Å². The summed E-state index contributed by atoms with van der Waals surface area (Å²) < 4.78 is 8.91. The summed E-state index contributed by atoms with van der Waals surface area (Å²) in [5, 5.41) is 2.37. The number of aryl methyl sites for hydroxylation is 1. The number of ether oxygens (including phenoxy) is 1. The van der Waals surface area contributed by atoms with Gasteiger partial charge in [-0.1, -0.05) is 138 Å². The van der Waals surface area contributed by atoms with Gasteiger partial charge in [0.1, 0.15) is 5.65 Å². The summed E-state index contributed by atoms with van der Waals surface area (Å²) in [5.41, 5.74) is 18.8. The molecule has 1 aliphatic rings. The summed E-state index contributed by atoms with van der Waals surface area (Å²) >= 11 is 0. The summed E-state index contributed by atoms with van der Waals surface area (Å²) in [6.07, 6.45) is 0. The molecule has 8 rings (SSSR count). The lowest BCUT2D eigenvalue weighted by atomic mass is 9.77. The van der Waals surface area contributed by atoms with Crippen molar-refractivity contribution in [1.29, 1.82) is 0 Å². The molecule has 306 valence electrons. The van der Waals surface area contributed by atoms with Crippen molar-refractivity contribution >= 4 is 27.5 Å². The molecule has 3 heteroatoms. The zero-order chi connectivity index (χ0) is 43.0. The number of hydrogen-bond acceptors (Lipinski definition) is 2. The van der Waals surface area contributed by atoms with E-state index in [4.69, 9.17) is 9.72 Å². The van der Waals surface area contributed by atoms with Crippen molar-refractivity contribution in [2.45, 2.75) is 151 Å². The van der Waals surface area contributed by atoms with E-state index in [2.05, 4.69) is 213 Å². The molecular formula is C56H66N2O. The van der Waals surface area contributed by atoms with Gasteiger partial charge >= 0.3 is 0 Å². The number of fused-ring (bicyclic) bond motifs is 6. The second kappa shape index (κ2) is 13.1. The van der Waals surface area contributed by atoms with Gasteiger partial charge in [-0.2, -0.15) is 0 Å². The molecule has 0 unspecified atom stereocenters. The van der Waals surface area contributed by atoms with Crippen LogP contribution in [0.1, 0.15) is 150 Å². The van der Waals surface area contributed by atoms with Gasteiger partial charge in [-0.3, -0.25) is 4.40 Å². The first-order chi connectivity index (χ1) is 27.1. The lowest BCUT2D eigenvalue weighted by Gasteiger charge is -2.27. The minimum Gasteiger partial charge on any atom is -0.360 e. The number of pyridine rings is 1. The molecule has 0 saturated carbocycles. The lowest BCUT2D eigenvalue weighted by molar-refractivity contribution is -0.105. The molecule has 5 aromatic carbocycles. The number of hydrogen-bond donors (Lipinski definition) is 0. The van der Waals surface area contributed by atoms with Crippen LogP contribution in [0.2, 0.25) is 0 Å². The van der Waals surface area contributed by atoms with Crippen molar-refractivity contribution in [1.82, 2.24) is 9.38 Å². The van der Waals surface area contributed by atoms with Crippen LogP contribution in [0.15, 0.2) is 91.0 Å². The van der Waals surface area contributed by atoms with Crippen LogP contribution in [0, 0.1) is 6.92 Å². The van der Waals surface area contributed by atoms with Gasteiger partial charge in [-0.15, -0.1) is 0 Å². The van der Waals surface area contributed by atoms with Crippen molar-refractivity contribution < 1.29 is 4.74 Å². The maximum Gasteiger partial charge on any atom is 0.146 e. The van der Waals surface area contributed by atoms with Crippen molar-refractivity contribution in [2.75, 3.05) is 0 Å². The smallest absolute Gasteiger partial charge is 0.146 e. The SMILES string of the molecule is Cc1cc2c(-c3cc(-c4cc(C(C)(C)C)cc(C(C)(C)C)c4)cc(-c4cc(C(C)(C)C)cc(C(C)(C)C)c4)c3)cccc2c2nc3cc4c(cc3n12)C(C)(C)OC4(C)C. The maximum absolute atomic E-state index is 6.56.